The SMILES string of the molecule is O=C(NCC1CCCC1Cl)c1nccc2ccccc12. The van der Waals surface area contributed by atoms with Crippen LogP contribution in [0, 0.1) is 5.92 Å². The Morgan fingerprint density at radius 1 is 1.30 bits per heavy atom. The third-order valence-electron chi connectivity index (χ3n) is 3.98. The van der Waals surface area contributed by atoms with Crippen molar-refractivity contribution in [1.29, 1.82) is 0 Å². The highest BCUT2D eigenvalue weighted by Gasteiger charge is 2.25. The summed E-state index contributed by atoms with van der Waals surface area (Å²) in [5, 5.41) is 5.09. The van der Waals surface area contributed by atoms with E-state index in [9.17, 15) is 4.79 Å². The number of hydrogen-bond acceptors (Lipinski definition) is 2. The third-order valence-corrected chi connectivity index (χ3v) is 4.55. The van der Waals surface area contributed by atoms with Gasteiger partial charge in [-0.3, -0.25) is 9.78 Å². The Balaban J connectivity index is 1.75. The molecule has 1 aromatic heterocycles. The predicted molar refractivity (Wildman–Crippen MR) is 81.1 cm³/mol. The summed E-state index contributed by atoms with van der Waals surface area (Å²) in [7, 11) is 0. The van der Waals surface area contributed by atoms with Crippen LogP contribution < -0.4 is 5.32 Å². The Morgan fingerprint density at radius 3 is 2.95 bits per heavy atom. The van der Waals surface area contributed by atoms with Crippen molar-refractivity contribution in [1.82, 2.24) is 10.3 Å². The number of carbonyl (C=O) groups excluding carboxylic acids is 1. The summed E-state index contributed by atoms with van der Waals surface area (Å²) in [6.45, 7) is 0.637. The molecule has 0 saturated heterocycles. The number of hydrogen-bond donors (Lipinski definition) is 1. The molecule has 1 aliphatic rings. The van der Waals surface area contributed by atoms with Gasteiger partial charge in [-0.2, -0.15) is 0 Å². The first-order valence-electron chi connectivity index (χ1n) is 7.02. The number of rotatable bonds is 3. The molecular formula is C16H17ClN2O. The number of fused-ring (bicyclic) bond motifs is 1. The number of benzene rings is 1. The van der Waals surface area contributed by atoms with Gasteiger partial charge < -0.3 is 5.32 Å². The molecule has 1 aliphatic carbocycles. The lowest BCUT2D eigenvalue weighted by atomic mass is 10.1. The normalized spacial score (nSPS) is 22.1. The van der Waals surface area contributed by atoms with Crippen molar-refractivity contribution < 1.29 is 4.79 Å². The van der Waals surface area contributed by atoms with Gasteiger partial charge in [0, 0.05) is 23.5 Å². The van der Waals surface area contributed by atoms with Crippen LogP contribution in [0.25, 0.3) is 10.8 Å². The van der Waals surface area contributed by atoms with E-state index in [-0.39, 0.29) is 11.3 Å². The van der Waals surface area contributed by atoms with Crippen LogP contribution in [0.2, 0.25) is 0 Å². The highest BCUT2D eigenvalue weighted by Crippen LogP contribution is 2.29. The van der Waals surface area contributed by atoms with Crippen molar-refractivity contribution in [2.24, 2.45) is 5.92 Å². The number of halogens is 1. The summed E-state index contributed by atoms with van der Waals surface area (Å²) in [5.41, 5.74) is 0.493. The number of aromatic nitrogens is 1. The van der Waals surface area contributed by atoms with Crippen LogP contribution in [0.5, 0.6) is 0 Å². The third kappa shape index (κ3) is 2.63. The molecule has 3 nitrogen and oxygen atoms in total. The first kappa shape index (κ1) is 13.4. The Morgan fingerprint density at radius 2 is 2.15 bits per heavy atom. The van der Waals surface area contributed by atoms with Gasteiger partial charge in [-0.1, -0.05) is 30.7 Å². The van der Waals surface area contributed by atoms with Gasteiger partial charge in [0.05, 0.1) is 0 Å². The molecule has 2 unspecified atom stereocenters. The summed E-state index contributed by atoms with van der Waals surface area (Å²) in [6, 6.07) is 9.71. The molecule has 0 bridgehead atoms. The van der Waals surface area contributed by atoms with Gasteiger partial charge in [0.1, 0.15) is 5.69 Å². The second-order valence-corrected chi connectivity index (χ2v) is 5.86. The predicted octanol–water partition coefficient (Wildman–Crippen LogP) is 3.37. The first-order valence-corrected chi connectivity index (χ1v) is 7.45. The molecule has 20 heavy (non-hydrogen) atoms. The molecule has 104 valence electrons. The van der Waals surface area contributed by atoms with Gasteiger partial charge in [-0.25, -0.2) is 0 Å². The quantitative estimate of drug-likeness (QED) is 0.880. The van der Waals surface area contributed by atoms with Crippen molar-refractivity contribution in [3.05, 3.63) is 42.2 Å². The van der Waals surface area contributed by atoms with E-state index in [4.69, 9.17) is 11.6 Å². The van der Waals surface area contributed by atoms with E-state index in [1.807, 2.05) is 30.3 Å². The molecule has 1 amide bonds. The van der Waals surface area contributed by atoms with Crippen LogP contribution in [-0.2, 0) is 0 Å². The van der Waals surface area contributed by atoms with Gasteiger partial charge >= 0.3 is 0 Å². The molecule has 4 heteroatoms. The standard InChI is InChI=1S/C16H17ClN2O/c17-14-7-3-5-12(14)10-19-16(20)15-13-6-2-1-4-11(13)8-9-18-15/h1-2,4,6,8-9,12,14H,3,5,7,10H2,(H,19,20). The highest BCUT2D eigenvalue weighted by atomic mass is 35.5. The topological polar surface area (TPSA) is 42.0 Å². The number of amides is 1. The fourth-order valence-electron chi connectivity index (χ4n) is 2.83. The largest absolute Gasteiger partial charge is 0.350 e. The zero-order chi connectivity index (χ0) is 13.9. The maximum absolute atomic E-state index is 12.3. The second-order valence-electron chi connectivity index (χ2n) is 5.30. The minimum atomic E-state index is -0.113. The monoisotopic (exact) mass is 288 g/mol. The Hall–Kier alpha value is -1.61. The van der Waals surface area contributed by atoms with Crippen LogP contribution in [0.4, 0.5) is 0 Å². The smallest absolute Gasteiger partial charge is 0.270 e. The molecule has 2 aromatic rings. The Labute approximate surface area is 123 Å². The second kappa shape index (κ2) is 5.80. The summed E-state index contributed by atoms with van der Waals surface area (Å²) < 4.78 is 0. The summed E-state index contributed by atoms with van der Waals surface area (Å²) in [6.07, 6.45) is 4.98. The summed E-state index contributed by atoms with van der Waals surface area (Å²) in [5.74, 6) is 0.271. The van der Waals surface area contributed by atoms with E-state index >= 15 is 0 Å². The fourth-order valence-corrected chi connectivity index (χ4v) is 3.20. The number of nitrogens with one attached hydrogen (secondary N) is 1. The molecule has 0 spiro atoms. The van der Waals surface area contributed by atoms with Crippen LogP contribution >= 0.6 is 11.6 Å². The van der Waals surface area contributed by atoms with E-state index in [0.717, 1.165) is 30.0 Å². The van der Waals surface area contributed by atoms with Crippen molar-refractivity contribution >= 4 is 28.3 Å². The van der Waals surface area contributed by atoms with Crippen molar-refractivity contribution in [3.63, 3.8) is 0 Å². The maximum Gasteiger partial charge on any atom is 0.270 e. The molecule has 1 saturated carbocycles. The molecule has 3 rings (SSSR count). The lowest BCUT2D eigenvalue weighted by Crippen LogP contribution is -2.31. The van der Waals surface area contributed by atoms with E-state index in [0.29, 0.717) is 18.2 Å². The maximum atomic E-state index is 12.3. The molecule has 0 aliphatic heterocycles. The lowest BCUT2D eigenvalue weighted by Gasteiger charge is -2.14. The van der Waals surface area contributed by atoms with E-state index in [1.165, 1.54) is 0 Å². The number of nitrogens with zero attached hydrogens (tertiary/aromatic N) is 1. The van der Waals surface area contributed by atoms with E-state index < -0.39 is 0 Å². The number of alkyl halides is 1. The molecule has 2 atom stereocenters. The van der Waals surface area contributed by atoms with Crippen LogP contribution in [0.1, 0.15) is 29.8 Å². The Bertz CT molecular complexity index is 623. The minimum Gasteiger partial charge on any atom is -0.350 e. The van der Waals surface area contributed by atoms with Gasteiger partial charge in [-0.05, 0) is 30.2 Å². The molecule has 1 heterocycles. The van der Waals surface area contributed by atoms with Crippen LogP contribution in [0.15, 0.2) is 36.5 Å². The molecule has 1 aromatic carbocycles. The molecule has 0 radical (unpaired) electrons. The van der Waals surface area contributed by atoms with Crippen LogP contribution in [0.3, 0.4) is 0 Å². The van der Waals surface area contributed by atoms with E-state index in [1.54, 1.807) is 6.20 Å². The van der Waals surface area contributed by atoms with Gasteiger partial charge in [0.25, 0.3) is 5.91 Å². The average Bonchev–Trinajstić information content (AvgIpc) is 2.89. The summed E-state index contributed by atoms with van der Waals surface area (Å²) in [4.78, 5) is 16.5. The summed E-state index contributed by atoms with van der Waals surface area (Å²) >= 11 is 6.24. The number of carbonyl (C=O) groups is 1. The molecular weight excluding hydrogens is 272 g/mol. The highest BCUT2D eigenvalue weighted by molar-refractivity contribution is 6.21. The van der Waals surface area contributed by atoms with E-state index in [2.05, 4.69) is 10.3 Å². The van der Waals surface area contributed by atoms with Gasteiger partial charge in [0.15, 0.2) is 0 Å². The first-order chi connectivity index (χ1) is 9.75. The minimum absolute atomic E-state index is 0.113. The zero-order valence-electron chi connectivity index (χ0n) is 11.2. The van der Waals surface area contributed by atoms with Gasteiger partial charge in [-0.15, -0.1) is 11.6 Å². The number of pyridine rings is 1. The lowest BCUT2D eigenvalue weighted by molar-refractivity contribution is 0.0944. The Kier molecular flexibility index (Phi) is 3.88. The van der Waals surface area contributed by atoms with Crippen LogP contribution in [-0.4, -0.2) is 22.8 Å². The van der Waals surface area contributed by atoms with Crippen molar-refractivity contribution in [2.75, 3.05) is 6.54 Å². The average molecular weight is 289 g/mol. The van der Waals surface area contributed by atoms with Gasteiger partial charge in [0.2, 0.25) is 0 Å². The fraction of sp³-hybridized carbons (Fsp3) is 0.375. The zero-order valence-corrected chi connectivity index (χ0v) is 11.9. The molecule has 1 fully saturated rings. The molecule has 1 N–H and O–H groups in total. The van der Waals surface area contributed by atoms with Crippen molar-refractivity contribution in [3.8, 4) is 0 Å². The van der Waals surface area contributed by atoms with Crippen molar-refractivity contribution in [2.45, 2.75) is 24.6 Å².